The molecule has 6 atom stereocenters. The molecule has 6 rings (SSSR count). The molecule has 2 unspecified atom stereocenters. The summed E-state index contributed by atoms with van der Waals surface area (Å²) in [5, 5.41) is 24.3. The van der Waals surface area contributed by atoms with Gasteiger partial charge in [-0.25, -0.2) is 0 Å². The summed E-state index contributed by atoms with van der Waals surface area (Å²) in [6.45, 7) is 6.23. The average Bonchev–Trinajstić information content (AvgIpc) is 3.54. The maximum Gasteiger partial charge on any atom is 0.320 e. The van der Waals surface area contributed by atoms with E-state index >= 15 is 0 Å². The highest BCUT2D eigenvalue weighted by Gasteiger charge is 2.74. The number of phenols is 1. The van der Waals surface area contributed by atoms with Gasteiger partial charge in [0, 0.05) is 31.3 Å². The third kappa shape index (κ3) is 3.84. The van der Waals surface area contributed by atoms with Crippen LogP contribution in [0.5, 0.6) is 11.5 Å². The van der Waals surface area contributed by atoms with E-state index in [1.54, 1.807) is 6.07 Å². The van der Waals surface area contributed by atoms with Gasteiger partial charge in [-0.15, -0.1) is 24.8 Å². The molecule has 1 saturated heterocycles. The summed E-state index contributed by atoms with van der Waals surface area (Å²) in [4.78, 5) is 14.8. The van der Waals surface area contributed by atoms with Gasteiger partial charge in [0.15, 0.2) is 11.5 Å². The highest BCUT2D eigenvalue weighted by Crippen LogP contribution is 2.66. The SMILES string of the molecule is CO[C@@]12CCC(N[C@@H](CC(C)C)C(=O)O)C3Oc4c(O)ccc5c4[C@@]31CCN(CC1CC1)[C@@H]2C5.Cl.Cl. The first kappa shape index (κ1) is 27.8. The maximum atomic E-state index is 12.1. The number of likely N-dealkylation sites (tertiary alicyclic amines) is 1. The number of rotatable bonds is 8. The van der Waals surface area contributed by atoms with E-state index in [4.69, 9.17) is 9.47 Å². The highest BCUT2D eigenvalue weighted by atomic mass is 35.5. The van der Waals surface area contributed by atoms with E-state index in [1.165, 1.54) is 18.4 Å². The van der Waals surface area contributed by atoms with Gasteiger partial charge in [0.2, 0.25) is 0 Å². The van der Waals surface area contributed by atoms with Gasteiger partial charge >= 0.3 is 5.97 Å². The lowest BCUT2D eigenvalue weighted by molar-refractivity contribution is -0.208. The number of phenolic OH excluding ortho intramolecular Hbond substituents is 1. The molecule has 0 radical (unpaired) electrons. The molecule has 2 bridgehead atoms. The second-order valence-corrected chi connectivity index (χ2v) is 11.8. The first-order chi connectivity index (χ1) is 16.3. The third-order valence-electron chi connectivity index (χ3n) is 9.51. The maximum absolute atomic E-state index is 12.1. The van der Waals surface area contributed by atoms with Gasteiger partial charge in [-0.1, -0.05) is 19.9 Å². The number of nitrogens with zero attached hydrogens (tertiary/aromatic N) is 1. The van der Waals surface area contributed by atoms with Crippen LogP contribution in [-0.2, 0) is 21.4 Å². The zero-order chi connectivity index (χ0) is 23.8. The minimum atomic E-state index is -0.811. The number of hydrogen-bond donors (Lipinski definition) is 3. The number of aromatic hydroxyl groups is 1. The number of ether oxygens (including phenoxy) is 2. The minimum absolute atomic E-state index is 0. The third-order valence-corrected chi connectivity index (χ3v) is 9.51. The fraction of sp³-hybridized carbons (Fsp3) is 0.741. The summed E-state index contributed by atoms with van der Waals surface area (Å²) in [5.41, 5.74) is 1.60. The van der Waals surface area contributed by atoms with Crippen LogP contribution in [-0.4, -0.2) is 71.1 Å². The van der Waals surface area contributed by atoms with Crippen molar-refractivity contribution in [2.24, 2.45) is 11.8 Å². The van der Waals surface area contributed by atoms with E-state index in [0.29, 0.717) is 12.2 Å². The normalized spacial score (nSPS) is 34.7. The van der Waals surface area contributed by atoms with E-state index in [9.17, 15) is 15.0 Å². The Morgan fingerprint density at radius 3 is 2.64 bits per heavy atom. The fourth-order valence-corrected chi connectivity index (χ4v) is 8.01. The Morgan fingerprint density at radius 2 is 2.00 bits per heavy atom. The molecule has 0 aromatic heterocycles. The largest absolute Gasteiger partial charge is 0.504 e. The number of benzene rings is 1. The van der Waals surface area contributed by atoms with Crippen LogP contribution in [0.2, 0.25) is 0 Å². The minimum Gasteiger partial charge on any atom is -0.504 e. The highest BCUT2D eigenvalue weighted by molar-refractivity contribution is 5.85. The first-order valence-corrected chi connectivity index (χ1v) is 13.1. The van der Waals surface area contributed by atoms with E-state index in [-0.39, 0.29) is 60.1 Å². The molecule has 3 aliphatic carbocycles. The lowest BCUT2D eigenvalue weighted by Gasteiger charge is -2.65. The molecule has 2 aliphatic heterocycles. The van der Waals surface area contributed by atoms with Gasteiger partial charge < -0.3 is 19.7 Å². The fourth-order valence-electron chi connectivity index (χ4n) is 8.01. The summed E-state index contributed by atoms with van der Waals surface area (Å²) >= 11 is 0. The monoisotopic (exact) mass is 542 g/mol. The van der Waals surface area contributed by atoms with Crippen LogP contribution in [0.15, 0.2) is 12.1 Å². The van der Waals surface area contributed by atoms with E-state index in [1.807, 2.05) is 7.11 Å². The molecule has 5 aliphatic rings. The lowest BCUT2D eigenvalue weighted by Crippen LogP contribution is -2.79. The smallest absolute Gasteiger partial charge is 0.320 e. The van der Waals surface area contributed by atoms with E-state index in [2.05, 4.69) is 30.1 Å². The molecule has 36 heavy (non-hydrogen) atoms. The number of hydrogen-bond acceptors (Lipinski definition) is 6. The Bertz CT molecular complexity index is 1000. The van der Waals surface area contributed by atoms with Crippen molar-refractivity contribution >= 4 is 30.8 Å². The Kier molecular flexibility index (Phi) is 7.57. The summed E-state index contributed by atoms with van der Waals surface area (Å²) in [6, 6.07) is 3.38. The van der Waals surface area contributed by atoms with Gasteiger partial charge in [0.1, 0.15) is 12.1 Å². The van der Waals surface area contributed by atoms with Gasteiger partial charge in [0.25, 0.3) is 0 Å². The molecule has 7 nitrogen and oxygen atoms in total. The number of piperidine rings is 1. The molecule has 0 amide bonds. The molecular weight excluding hydrogens is 503 g/mol. The predicted molar refractivity (Wildman–Crippen MR) is 142 cm³/mol. The zero-order valence-electron chi connectivity index (χ0n) is 21.4. The molecule has 3 N–H and O–H groups in total. The van der Waals surface area contributed by atoms with Crippen LogP contribution in [0.1, 0.15) is 63.5 Å². The summed E-state index contributed by atoms with van der Waals surface area (Å²) < 4.78 is 13.3. The van der Waals surface area contributed by atoms with Crippen molar-refractivity contribution in [3.63, 3.8) is 0 Å². The molecular formula is C27H40Cl2N2O5. The number of carboxylic acid groups (broad SMARTS) is 1. The van der Waals surface area contributed by atoms with Crippen molar-refractivity contribution in [3.8, 4) is 11.5 Å². The van der Waals surface area contributed by atoms with Crippen LogP contribution >= 0.6 is 24.8 Å². The van der Waals surface area contributed by atoms with Crippen molar-refractivity contribution in [1.29, 1.82) is 0 Å². The van der Waals surface area contributed by atoms with Crippen molar-refractivity contribution in [2.45, 2.75) is 94.0 Å². The Hall–Kier alpha value is -1.25. The second-order valence-electron chi connectivity index (χ2n) is 11.8. The van der Waals surface area contributed by atoms with Crippen molar-refractivity contribution in [3.05, 3.63) is 23.3 Å². The van der Waals surface area contributed by atoms with Crippen LogP contribution in [0.3, 0.4) is 0 Å². The quantitative estimate of drug-likeness (QED) is 0.458. The molecule has 2 heterocycles. The molecule has 1 spiro atoms. The van der Waals surface area contributed by atoms with Crippen LogP contribution in [0, 0.1) is 11.8 Å². The van der Waals surface area contributed by atoms with E-state index < -0.39 is 17.6 Å². The number of carboxylic acids is 1. The van der Waals surface area contributed by atoms with Gasteiger partial charge in [-0.05, 0) is 75.0 Å². The summed E-state index contributed by atoms with van der Waals surface area (Å²) in [6.07, 6.45) is 6.42. The number of aliphatic carboxylic acids is 1. The average molecular weight is 544 g/mol. The summed E-state index contributed by atoms with van der Waals surface area (Å²) in [5.74, 6) is 1.05. The number of methoxy groups -OCH3 is 1. The number of carbonyl (C=O) groups is 1. The standard InChI is InChI=1S/C27H38N2O5.2ClH/c1-15(2)12-19(25(31)32)28-18-8-9-27(33-3)21-13-17-6-7-20(30)23-22(17)26(27,24(18)34-23)10-11-29(21)14-16-4-5-16;;/h6-7,15-16,18-19,21,24,28,30H,4-5,8-14H2,1-3H3,(H,31,32);2*1H/t18?,19-,21+,24?,26-,27+;;/m0../s1. The Labute approximate surface area is 226 Å². The van der Waals surface area contributed by atoms with Crippen LogP contribution in [0.4, 0.5) is 0 Å². The Morgan fingerprint density at radius 1 is 1.25 bits per heavy atom. The molecule has 9 heteroatoms. The van der Waals surface area contributed by atoms with Crippen LogP contribution in [0.25, 0.3) is 0 Å². The zero-order valence-corrected chi connectivity index (χ0v) is 23.0. The van der Waals surface area contributed by atoms with Crippen molar-refractivity contribution < 1.29 is 24.5 Å². The number of halogens is 2. The topological polar surface area (TPSA) is 91.3 Å². The molecule has 202 valence electrons. The van der Waals surface area contributed by atoms with Crippen molar-refractivity contribution in [2.75, 3.05) is 20.2 Å². The molecule has 1 aromatic rings. The van der Waals surface area contributed by atoms with Gasteiger partial charge in [0.05, 0.1) is 11.0 Å². The van der Waals surface area contributed by atoms with Gasteiger partial charge in [-0.3, -0.25) is 15.0 Å². The van der Waals surface area contributed by atoms with Crippen LogP contribution < -0.4 is 10.1 Å². The lowest BCUT2D eigenvalue weighted by atomic mass is 9.48. The summed E-state index contributed by atoms with van der Waals surface area (Å²) in [7, 11) is 1.85. The predicted octanol–water partition coefficient (Wildman–Crippen LogP) is 3.91. The second kappa shape index (κ2) is 9.81. The molecule has 3 fully saturated rings. The molecule has 2 saturated carbocycles. The number of nitrogens with one attached hydrogen (secondary N) is 1. The Balaban J connectivity index is 0.00000152. The van der Waals surface area contributed by atoms with Gasteiger partial charge in [-0.2, -0.15) is 0 Å². The first-order valence-electron chi connectivity index (χ1n) is 13.1. The van der Waals surface area contributed by atoms with Crippen molar-refractivity contribution in [1.82, 2.24) is 10.2 Å². The van der Waals surface area contributed by atoms with E-state index in [0.717, 1.165) is 50.3 Å². The molecule has 1 aromatic carbocycles.